The Morgan fingerprint density at radius 3 is 2.00 bits per heavy atom. The highest BCUT2D eigenvalue weighted by molar-refractivity contribution is 7.80. The van der Waals surface area contributed by atoms with E-state index in [1.54, 1.807) is 0 Å². The highest BCUT2D eigenvalue weighted by Gasteiger charge is 2.15. The third-order valence-corrected chi connectivity index (χ3v) is 1.61. The van der Waals surface area contributed by atoms with Crippen LogP contribution in [0.1, 0.15) is 6.92 Å². The predicted octanol–water partition coefficient (Wildman–Crippen LogP) is -0.620. The maximum Gasteiger partial charge on any atom is 0.327 e. The van der Waals surface area contributed by atoms with Gasteiger partial charge in [0.25, 0.3) is 0 Å². The summed E-state index contributed by atoms with van der Waals surface area (Å²) in [7, 11) is 0. The molecule has 0 aliphatic heterocycles. The molecular formula is C7H16N2O3S2. The molecule has 5 nitrogen and oxygen atoms in total. The lowest BCUT2D eigenvalue weighted by atomic mass is 10.3. The van der Waals surface area contributed by atoms with Crippen molar-refractivity contribution in [2.75, 3.05) is 18.1 Å². The monoisotopic (exact) mass is 240 g/mol. The van der Waals surface area contributed by atoms with Gasteiger partial charge in [0.05, 0.1) is 0 Å². The van der Waals surface area contributed by atoms with Crippen LogP contribution in [0.3, 0.4) is 0 Å². The molecule has 0 saturated carbocycles. The van der Waals surface area contributed by atoms with Crippen LogP contribution in [0.5, 0.6) is 0 Å². The van der Waals surface area contributed by atoms with Crippen LogP contribution in [-0.2, 0) is 9.59 Å². The number of carbonyl (C=O) groups excluding carboxylic acids is 1. The fraction of sp³-hybridized carbons (Fsp3) is 0.714. The first kappa shape index (κ1) is 16.0. The predicted molar refractivity (Wildman–Crippen MR) is 62.0 cm³/mol. The lowest BCUT2D eigenvalue weighted by Crippen LogP contribution is -2.40. The van der Waals surface area contributed by atoms with Crippen molar-refractivity contribution in [2.24, 2.45) is 5.73 Å². The number of carboxylic acid groups (broad SMARTS) is 1. The van der Waals surface area contributed by atoms with E-state index < -0.39 is 12.0 Å². The van der Waals surface area contributed by atoms with Crippen LogP contribution in [0.25, 0.3) is 0 Å². The number of hydrogen-bond donors (Lipinski definition) is 5. The van der Waals surface area contributed by atoms with Gasteiger partial charge in [-0.1, -0.05) is 0 Å². The smallest absolute Gasteiger partial charge is 0.327 e. The fourth-order valence-corrected chi connectivity index (χ4v) is 0.678. The summed E-state index contributed by atoms with van der Waals surface area (Å²) < 4.78 is 0. The minimum Gasteiger partial charge on any atom is -0.480 e. The summed E-state index contributed by atoms with van der Waals surface area (Å²) in [4.78, 5) is 20.5. The van der Waals surface area contributed by atoms with E-state index in [1.165, 1.54) is 6.92 Å². The summed E-state index contributed by atoms with van der Waals surface area (Å²) in [6.45, 7) is 1.95. The normalized spacial score (nSPS) is 10.9. The van der Waals surface area contributed by atoms with Gasteiger partial charge >= 0.3 is 5.97 Å². The molecule has 7 heteroatoms. The van der Waals surface area contributed by atoms with Crippen molar-refractivity contribution in [1.82, 2.24) is 5.32 Å². The van der Waals surface area contributed by atoms with Crippen molar-refractivity contribution in [2.45, 2.75) is 13.0 Å². The molecule has 0 rings (SSSR count). The van der Waals surface area contributed by atoms with Crippen LogP contribution in [0.15, 0.2) is 0 Å². The molecule has 0 aliphatic rings. The van der Waals surface area contributed by atoms with Crippen LogP contribution >= 0.6 is 25.3 Å². The molecule has 0 heterocycles. The van der Waals surface area contributed by atoms with Gasteiger partial charge in [0.15, 0.2) is 0 Å². The van der Waals surface area contributed by atoms with Crippen LogP contribution in [0.2, 0.25) is 0 Å². The summed E-state index contributed by atoms with van der Waals surface area (Å²) in [5, 5.41) is 10.6. The van der Waals surface area contributed by atoms with Crippen molar-refractivity contribution < 1.29 is 14.7 Å². The third-order valence-electron chi connectivity index (χ3n) is 0.987. The Kier molecular flexibility index (Phi) is 12.2. The molecule has 1 unspecified atom stereocenters. The van der Waals surface area contributed by atoms with Crippen molar-refractivity contribution in [1.29, 1.82) is 0 Å². The number of thiol groups is 2. The van der Waals surface area contributed by atoms with E-state index in [9.17, 15) is 9.59 Å². The summed E-state index contributed by atoms with van der Waals surface area (Å²) in [6.07, 6.45) is 0. The molecule has 0 aromatic heterocycles. The van der Waals surface area contributed by atoms with Crippen LogP contribution in [0, 0.1) is 0 Å². The van der Waals surface area contributed by atoms with Crippen LogP contribution in [0.4, 0.5) is 0 Å². The van der Waals surface area contributed by atoms with E-state index in [0.29, 0.717) is 6.54 Å². The van der Waals surface area contributed by atoms with Gasteiger partial charge in [0, 0.05) is 25.0 Å². The molecule has 0 aliphatic carbocycles. The number of aliphatic carboxylic acids is 1. The minimum atomic E-state index is -1.06. The summed E-state index contributed by atoms with van der Waals surface area (Å²) >= 11 is 7.53. The largest absolute Gasteiger partial charge is 0.480 e. The lowest BCUT2D eigenvalue weighted by Gasteiger charge is -2.08. The Bertz CT molecular complexity index is 176. The van der Waals surface area contributed by atoms with E-state index in [1.807, 2.05) is 0 Å². The molecule has 0 saturated heterocycles. The van der Waals surface area contributed by atoms with Gasteiger partial charge in [-0.25, -0.2) is 4.79 Å². The molecule has 1 atom stereocenters. The van der Waals surface area contributed by atoms with Gasteiger partial charge in [0.1, 0.15) is 6.04 Å². The maximum absolute atomic E-state index is 10.3. The van der Waals surface area contributed by atoms with E-state index in [0.717, 1.165) is 5.75 Å². The number of nitrogens with two attached hydrogens (primary N) is 1. The third kappa shape index (κ3) is 11.6. The van der Waals surface area contributed by atoms with Gasteiger partial charge in [-0.2, -0.15) is 25.3 Å². The van der Waals surface area contributed by atoms with Gasteiger partial charge < -0.3 is 16.2 Å². The zero-order valence-electron chi connectivity index (χ0n) is 7.93. The van der Waals surface area contributed by atoms with Gasteiger partial charge in [-0.3, -0.25) is 4.79 Å². The molecule has 0 fully saturated rings. The number of carboxylic acids is 1. The van der Waals surface area contributed by atoms with Crippen LogP contribution < -0.4 is 11.1 Å². The SMILES string of the molecule is CC(=O)NC(CS)C(=O)O.NCCS. The van der Waals surface area contributed by atoms with E-state index in [2.05, 4.69) is 30.6 Å². The summed E-state index contributed by atoms with van der Waals surface area (Å²) in [5.74, 6) is -0.527. The number of nitrogens with one attached hydrogen (secondary N) is 1. The van der Waals surface area contributed by atoms with E-state index >= 15 is 0 Å². The Balaban J connectivity index is 0. The average Bonchev–Trinajstić information content (AvgIpc) is 2.14. The van der Waals surface area contributed by atoms with Crippen molar-refractivity contribution in [3.63, 3.8) is 0 Å². The molecule has 84 valence electrons. The molecular weight excluding hydrogens is 224 g/mol. The summed E-state index contributed by atoms with van der Waals surface area (Å²) in [5.41, 5.74) is 4.95. The Morgan fingerprint density at radius 1 is 1.50 bits per heavy atom. The van der Waals surface area contributed by atoms with Crippen molar-refractivity contribution in [3.05, 3.63) is 0 Å². The zero-order valence-corrected chi connectivity index (χ0v) is 9.72. The van der Waals surface area contributed by atoms with Crippen LogP contribution in [-0.4, -0.2) is 41.1 Å². The minimum absolute atomic E-state index is 0.106. The first-order chi connectivity index (χ1) is 6.49. The highest BCUT2D eigenvalue weighted by Crippen LogP contribution is 1.86. The van der Waals surface area contributed by atoms with Gasteiger partial charge in [-0.05, 0) is 0 Å². The summed E-state index contributed by atoms with van der Waals surface area (Å²) in [6, 6.07) is -0.874. The van der Waals surface area contributed by atoms with Gasteiger partial charge in [0.2, 0.25) is 5.91 Å². The average molecular weight is 240 g/mol. The number of amides is 1. The van der Waals surface area contributed by atoms with E-state index in [-0.39, 0.29) is 11.7 Å². The molecule has 4 N–H and O–H groups in total. The zero-order chi connectivity index (χ0) is 11.6. The van der Waals surface area contributed by atoms with Crippen molar-refractivity contribution in [3.8, 4) is 0 Å². The number of rotatable bonds is 4. The Hall–Kier alpha value is -0.400. The second-order valence-corrected chi connectivity index (χ2v) is 3.10. The second kappa shape index (κ2) is 10.7. The molecule has 0 aromatic carbocycles. The van der Waals surface area contributed by atoms with Crippen molar-refractivity contribution >= 4 is 37.1 Å². The maximum atomic E-state index is 10.3. The topological polar surface area (TPSA) is 92.4 Å². The molecule has 0 spiro atoms. The van der Waals surface area contributed by atoms with E-state index in [4.69, 9.17) is 10.8 Å². The first-order valence-corrected chi connectivity index (χ1v) is 5.17. The number of carbonyl (C=O) groups is 2. The molecule has 1 amide bonds. The first-order valence-electron chi connectivity index (χ1n) is 3.91. The Morgan fingerprint density at radius 2 is 1.93 bits per heavy atom. The lowest BCUT2D eigenvalue weighted by molar-refractivity contribution is -0.140. The standard InChI is InChI=1S/C5H9NO3S.C2H7NS/c1-3(7)6-4(2-10)5(8)9;3-1-2-4/h4,10H,2H2,1H3,(H,6,7)(H,8,9);4H,1-3H2. The fourth-order valence-electron chi connectivity index (χ4n) is 0.431. The Labute approximate surface area is 94.3 Å². The molecule has 0 bridgehead atoms. The molecule has 0 radical (unpaired) electrons. The highest BCUT2D eigenvalue weighted by atomic mass is 32.1. The second-order valence-electron chi connectivity index (χ2n) is 2.29. The quantitative estimate of drug-likeness (QED) is 0.424. The van der Waals surface area contributed by atoms with Gasteiger partial charge in [-0.15, -0.1) is 0 Å². The molecule has 0 aromatic rings. The number of hydrogen-bond acceptors (Lipinski definition) is 5. The molecule has 14 heavy (non-hydrogen) atoms.